The third-order valence-corrected chi connectivity index (χ3v) is 3.42. The van der Waals surface area contributed by atoms with E-state index in [1.54, 1.807) is 13.2 Å². The highest BCUT2D eigenvalue weighted by Gasteiger charge is 2.13. The van der Waals surface area contributed by atoms with Gasteiger partial charge in [0.05, 0.1) is 12.2 Å². The Balaban J connectivity index is 2.26. The third-order valence-electron chi connectivity index (χ3n) is 2.47. The van der Waals surface area contributed by atoms with Gasteiger partial charge in [0.15, 0.2) is 0 Å². The number of hydrogen-bond donors (Lipinski definition) is 2. The number of anilines is 1. The molecule has 1 aromatic carbocycles. The van der Waals surface area contributed by atoms with E-state index in [4.69, 9.17) is 10.5 Å². The molecule has 4 nitrogen and oxygen atoms in total. The van der Waals surface area contributed by atoms with Crippen molar-refractivity contribution in [1.82, 2.24) is 5.32 Å². The Kier molecular flexibility index (Phi) is 3.61. The van der Waals surface area contributed by atoms with E-state index in [1.165, 1.54) is 11.3 Å². The molecule has 0 spiro atoms. The summed E-state index contributed by atoms with van der Waals surface area (Å²) in [7, 11) is 1.60. The third kappa shape index (κ3) is 2.40. The van der Waals surface area contributed by atoms with E-state index < -0.39 is 0 Å². The largest absolute Gasteiger partial charge is 0.398 e. The van der Waals surface area contributed by atoms with E-state index in [1.807, 2.05) is 17.5 Å². The van der Waals surface area contributed by atoms with Crippen LogP contribution in [0, 0.1) is 0 Å². The van der Waals surface area contributed by atoms with Gasteiger partial charge >= 0.3 is 0 Å². The van der Waals surface area contributed by atoms with Crippen molar-refractivity contribution < 1.29 is 9.53 Å². The van der Waals surface area contributed by atoms with Crippen LogP contribution in [0.1, 0.15) is 10.4 Å². The predicted octanol–water partition coefficient (Wildman–Crippen LogP) is 1.86. The molecule has 0 fully saturated rings. The van der Waals surface area contributed by atoms with Gasteiger partial charge in [-0.1, -0.05) is 6.07 Å². The minimum atomic E-state index is -0.105. The van der Waals surface area contributed by atoms with Crippen LogP contribution in [0.5, 0.6) is 0 Å². The van der Waals surface area contributed by atoms with E-state index in [9.17, 15) is 4.79 Å². The van der Waals surface area contributed by atoms with Crippen molar-refractivity contribution in [3.63, 3.8) is 0 Å². The number of amides is 1. The summed E-state index contributed by atoms with van der Waals surface area (Å²) in [6.45, 7) is 1.00. The van der Waals surface area contributed by atoms with Crippen LogP contribution < -0.4 is 11.1 Å². The Hall–Kier alpha value is -1.59. The Bertz CT molecular complexity index is 536. The zero-order chi connectivity index (χ0) is 12.3. The van der Waals surface area contributed by atoms with Gasteiger partial charge in [0, 0.05) is 34.8 Å². The number of nitrogens with two attached hydrogens (primary N) is 1. The Morgan fingerprint density at radius 1 is 1.53 bits per heavy atom. The minimum absolute atomic E-state index is 0.105. The number of hydrogen-bond acceptors (Lipinski definition) is 4. The summed E-state index contributed by atoms with van der Waals surface area (Å²) in [6, 6.07) is 5.66. The summed E-state index contributed by atoms with van der Waals surface area (Å²) in [4.78, 5) is 11.9. The first-order chi connectivity index (χ1) is 8.24. The molecule has 0 unspecified atom stereocenters. The van der Waals surface area contributed by atoms with Crippen LogP contribution >= 0.6 is 11.3 Å². The van der Waals surface area contributed by atoms with Crippen LogP contribution in [0.15, 0.2) is 23.6 Å². The fraction of sp³-hybridized carbons (Fsp3) is 0.250. The van der Waals surface area contributed by atoms with Gasteiger partial charge < -0.3 is 15.8 Å². The molecule has 2 aromatic rings. The number of fused-ring (bicyclic) bond motifs is 1. The molecule has 0 radical (unpaired) electrons. The smallest absolute Gasteiger partial charge is 0.252 e. The lowest BCUT2D eigenvalue weighted by Crippen LogP contribution is -2.26. The van der Waals surface area contributed by atoms with Crippen LogP contribution in [0.4, 0.5) is 5.69 Å². The predicted molar refractivity (Wildman–Crippen MR) is 70.4 cm³/mol. The van der Waals surface area contributed by atoms with Crippen molar-refractivity contribution in [3.8, 4) is 0 Å². The normalized spacial score (nSPS) is 10.6. The lowest BCUT2D eigenvalue weighted by atomic mass is 10.1. The van der Waals surface area contributed by atoms with E-state index >= 15 is 0 Å². The van der Waals surface area contributed by atoms with Crippen LogP contribution in [-0.2, 0) is 4.74 Å². The first-order valence-corrected chi connectivity index (χ1v) is 6.15. The molecule has 17 heavy (non-hydrogen) atoms. The molecule has 1 aromatic heterocycles. The number of methoxy groups -OCH3 is 1. The maximum absolute atomic E-state index is 11.9. The topological polar surface area (TPSA) is 64.3 Å². The molecule has 0 saturated carbocycles. The Labute approximate surface area is 103 Å². The number of carbonyl (C=O) groups is 1. The summed E-state index contributed by atoms with van der Waals surface area (Å²) in [6.07, 6.45) is 0. The molecule has 0 saturated heterocycles. The van der Waals surface area contributed by atoms with Crippen molar-refractivity contribution in [2.45, 2.75) is 0 Å². The molecule has 90 valence electrons. The average molecular weight is 250 g/mol. The second-order valence-corrected chi connectivity index (χ2v) is 4.53. The molecule has 0 aliphatic carbocycles. The van der Waals surface area contributed by atoms with Crippen molar-refractivity contribution in [3.05, 3.63) is 29.1 Å². The van der Waals surface area contributed by atoms with Gasteiger partial charge in [-0.2, -0.15) is 0 Å². The fourth-order valence-corrected chi connectivity index (χ4v) is 2.62. The molecule has 1 amide bonds. The van der Waals surface area contributed by atoms with Gasteiger partial charge in [0.25, 0.3) is 5.91 Å². The van der Waals surface area contributed by atoms with Gasteiger partial charge in [-0.05, 0) is 12.1 Å². The fourth-order valence-electron chi connectivity index (χ4n) is 1.64. The molecule has 1 heterocycles. The standard InChI is InChI=1S/C12H14N2O2S/c1-16-6-5-14-12(15)8-7-17-10-4-2-3-9(13)11(8)10/h2-4,7H,5-6,13H2,1H3,(H,14,15). The average Bonchev–Trinajstić information content (AvgIpc) is 2.74. The van der Waals surface area contributed by atoms with Gasteiger partial charge in [-0.25, -0.2) is 0 Å². The first kappa shape index (κ1) is 11.9. The molecule has 0 atom stereocenters. The second kappa shape index (κ2) is 5.16. The van der Waals surface area contributed by atoms with Crippen LogP contribution in [0.25, 0.3) is 10.1 Å². The van der Waals surface area contributed by atoms with Crippen molar-refractivity contribution >= 4 is 33.0 Å². The highest BCUT2D eigenvalue weighted by molar-refractivity contribution is 7.17. The van der Waals surface area contributed by atoms with E-state index in [-0.39, 0.29) is 5.91 Å². The van der Waals surface area contributed by atoms with Crippen molar-refractivity contribution in [2.24, 2.45) is 0 Å². The monoisotopic (exact) mass is 250 g/mol. The van der Waals surface area contributed by atoms with Crippen LogP contribution in [0.3, 0.4) is 0 Å². The van der Waals surface area contributed by atoms with Crippen LogP contribution in [-0.4, -0.2) is 26.2 Å². The summed E-state index contributed by atoms with van der Waals surface area (Å²) in [5.41, 5.74) is 7.17. The summed E-state index contributed by atoms with van der Waals surface area (Å²) >= 11 is 1.52. The van der Waals surface area contributed by atoms with E-state index in [0.717, 1.165) is 10.1 Å². The first-order valence-electron chi connectivity index (χ1n) is 5.27. The molecule has 5 heteroatoms. The van der Waals surface area contributed by atoms with Gasteiger partial charge in [0.2, 0.25) is 0 Å². The number of rotatable bonds is 4. The van der Waals surface area contributed by atoms with Gasteiger partial charge in [-0.15, -0.1) is 11.3 Å². The minimum Gasteiger partial charge on any atom is -0.398 e. The quantitative estimate of drug-likeness (QED) is 0.643. The highest BCUT2D eigenvalue weighted by atomic mass is 32.1. The maximum atomic E-state index is 11.9. The SMILES string of the molecule is COCCNC(=O)c1csc2cccc(N)c12. The summed E-state index contributed by atoms with van der Waals surface area (Å²) in [5.74, 6) is -0.105. The van der Waals surface area contributed by atoms with E-state index in [2.05, 4.69) is 5.32 Å². The van der Waals surface area contributed by atoms with Gasteiger partial charge in [-0.3, -0.25) is 4.79 Å². The Morgan fingerprint density at radius 3 is 3.12 bits per heavy atom. The molecule has 0 aliphatic rings. The number of ether oxygens (including phenoxy) is 1. The maximum Gasteiger partial charge on any atom is 0.252 e. The number of carbonyl (C=O) groups excluding carboxylic acids is 1. The molecular formula is C12H14N2O2S. The number of nitrogens with one attached hydrogen (secondary N) is 1. The lowest BCUT2D eigenvalue weighted by molar-refractivity contribution is 0.0939. The second-order valence-electron chi connectivity index (χ2n) is 3.62. The zero-order valence-corrected chi connectivity index (χ0v) is 10.3. The number of benzene rings is 1. The molecule has 0 aliphatic heterocycles. The molecule has 2 rings (SSSR count). The van der Waals surface area contributed by atoms with E-state index in [0.29, 0.717) is 24.4 Å². The number of thiophene rings is 1. The molecule has 0 bridgehead atoms. The highest BCUT2D eigenvalue weighted by Crippen LogP contribution is 2.30. The summed E-state index contributed by atoms with van der Waals surface area (Å²) < 4.78 is 5.91. The van der Waals surface area contributed by atoms with Crippen molar-refractivity contribution in [2.75, 3.05) is 26.0 Å². The Morgan fingerprint density at radius 2 is 2.35 bits per heavy atom. The lowest BCUT2D eigenvalue weighted by Gasteiger charge is -2.04. The summed E-state index contributed by atoms with van der Waals surface area (Å²) in [5, 5.41) is 5.47. The number of nitrogen functional groups attached to an aromatic ring is 1. The van der Waals surface area contributed by atoms with Crippen LogP contribution in [0.2, 0.25) is 0 Å². The molecular weight excluding hydrogens is 236 g/mol. The zero-order valence-electron chi connectivity index (χ0n) is 9.53. The van der Waals surface area contributed by atoms with Crippen molar-refractivity contribution in [1.29, 1.82) is 0 Å². The molecule has 3 N–H and O–H groups in total. The van der Waals surface area contributed by atoms with Gasteiger partial charge in [0.1, 0.15) is 0 Å².